The van der Waals surface area contributed by atoms with Gasteiger partial charge in [-0.05, 0) is 24.6 Å². The lowest BCUT2D eigenvalue weighted by atomic mass is 10.1. The van der Waals surface area contributed by atoms with Crippen LogP contribution in [0, 0.1) is 0 Å². The van der Waals surface area contributed by atoms with Crippen LogP contribution in [0.3, 0.4) is 0 Å². The van der Waals surface area contributed by atoms with E-state index >= 15 is 0 Å². The van der Waals surface area contributed by atoms with Gasteiger partial charge in [0.1, 0.15) is 6.33 Å². The molecule has 0 saturated heterocycles. The Kier molecular flexibility index (Phi) is 2.29. The zero-order valence-electron chi connectivity index (χ0n) is 8.34. The summed E-state index contributed by atoms with van der Waals surface area (Å²) in [7, 11) is 0. The standard InChI is InChI=1S/C10H12N4O/c1-7(14-6-12-13-10(14)15)8-2-4-9(11)5-3-8/h2-7H,11H2,1H3,(H,13,15). The number of rotatable bonds is 2. The highest BCUT2D eigenvalue weighted by Crippen LogP contribution is 2.16. The number of hydrogen-bond acceptors (Lipinski definition) is 3. The minimum atomic E-state index is -0.209. The molecule has 1 aromatic heterocycles. The highest BCUT2D eigenvalue weighted by atomic mass is 16.1. The van der Waals surface area contributed by atoms with E-state index in [1.165, 1.54) is 10.9 Å². The number of nitrogens with one attached hydrogen (secondary N) is 1. The van der Waals surface area contributed by atoms with Gasteiger partial charge >= 0.3 is 5.69 Å². The second kappa shape index (κ2) is 3.61. The van der Waals surface area contributed by atoms with Crippen LogP contribution < -0.4 is 11.4 Å². The van der Waals surface area contributed by atoms with E-state index in [-0.39, 0.29) is 11.7 Å². The smallest absolute Gasteiger partial charge is 0.343 e. The molecule has 0 amide bonds. The Bertz CT molecular complexity index is 497. The lowest BCUT2D eigenvalue weighted by Crippen LogP contribution is -2.20. The first kappa shape index (κ1) is 9.51. The molecule has 2 rings (SSSR count). The molecule has 0 bridgehead atoms. The number of nitrogens with two attached hydrogens (primary N) is 1. The molecule has 2 aromatic rings. The third-order valence-corrected chi connectivity index (χ3v) is 2.41. The Balaban J connectivity index is 2.36. The Morgan fingerprint density at radius 3 is 2.60 bits per heavy atom. The number of aromatic amines is 1. The summed E-state index contributed by atoms with van der Waals surface area (Å²) in [5, 5.41) is 6.05. The predicted molar refractivity (Wildman–Crippen MR) is 57.5 cm³/mol. The summed E-state index contributed by atoms with van der Waals surface area (Å²) in [5.74, 6) is 0. The highest BCUT2D eigenvalue weighted by Gasteiger charge is 2.09. The maximum Gasteiger partial charge on any atom is 0.343 e. The molecule has 0 radical (unpaired) electrons. The highest BCUT2D eigenvalue weighted by molar-refractivity contribution is 5.40. The number of H-pyrrole nitrogens is 1. The van der Waals surface area contributed by atoms with Crippen LogP contribution in [0.25, 0.3) is 0 Å². The summed E-state index contributed by atoms with van der Waals surface area (Å²) in [6, 6.07) is 7.39. The minimum Gasteiger partial charge on any atom is -0.399 e. The van der Waals surface area contributed by atoms with Crippen molar-refractivity contribution in [1.29, 1.82) is 0 Å². The predicted octanol–water partition coefficient (Wildman–Crippen LogP) is 0.763. The van der Waals surface area contributed by atoms with Crippen molar-refractivity contribution in [3.05, 3.63) is 46.6 Å². The third kappa shape index (κ3) is 1.76. The molecule has 1 unspecified atom stereocenters. The van der Waals surface area contributed by atoms with Gasteiger partial charge in [0, 0.05) is 5.69 Å². The van der Waals surface area contributed by atoms with Gasteiger partial charge in [0.15, 0.2) is 0 Å². The normalized spacial score (nSPS) is 12.6. The molecule has 0 aliphatic rings. The zero-order valence-corrected chi connectivity index (χ0v) is 8.34. The lowest BCUT2D eigenvalue weighted by Gasteiger charge is -2.11. The van der Waals surface area contributed by atoms with Gasteiger partial charge in [-0.15, -0.1) is 0 Å². The number of hydrogen-bond donors (Lipinski definition) is 2. The van der Waals surface area contributed by atoms with E-state index in [0.29, 0.717) is 5.69 Å². The van der Waals surface area contributed by atoms with Gasteiger partial charge in [-0.1, -0.05) is 12.1 Å². The monoisotopic (exact) mass is 204 g/mol. The van der Waals surface area contributed by atoms with Gasteiger partial charge in [0.2, 0.25) is 0 Å². The fourth-order valence-electron chi connectivity index (χ4n) is 1.47. The van der Waals surface area contributed by atoms with Crippen LogP contribution in [0.15, 0.2) is 35.4 Å². The molecule has 5 nitrogen and oxygen atoms in total. The van der Waals surface area contributed by atoms with E-state index in [1.807, 2.05) is 31.2 Å². The molecule has 0 saturated carbocycles. The fraction of sp³-hybridized carbons (Fsp3) is 0.200. The summed E-state index contributed by atoms with van der Waals surface area (Å²) in [6.07, 6.45) is 1.49. The SMILES string of the molecule is CC(c1ccc(N)cc1)n1cn[nH]c1=O. The summed E-state index contributed by atoms with van der Waals surface area (Å²) in [5.41, 5.74) is 7.11. The molecule has 1 heterocycles. The van der Waals surface area contributed by atoms with Crippen molar-refractivity contribution in [1.82, 2.24) is 14.8 Å². The molecule has 1 aromatic carbocycles. The van der Waals surface area contributed by atoms with Crippen LogP contribution in [-0.2, 0) is 0 Å². The average Bonchev–Trinajstić information content (AvgIpc) is 2.65. The van der Waals surface area contributed by atoms with E-state index in [4.69, 9.17) is 5.73 Å². The largest absolute Gasteiger partial charge is 0.399 e. The van der Waals surface area contributed by atoms with Crippen molar-refractivity contribution in [2.75, 3.05) is 5.73 Å². The van der Waals surface area contributed by atoms with Crippen LogP contribution in [0.2, 0.25) is 0 Å². The third-order valence-electron chi connectivity index (χ3n) is 2.41. The Hall–Kier alpha value is -2.04. The Labute approximate surface area is 86.5 Å². The number of benzene rings is 1. The van der Waals surface area contributed by atoms with Gasteiger partial charge in [0.25, 0.3) is 0 Å². The maximum absolute atomic E-state index is 11.3. The van der Waals surface area contributed by atoms with Crippen LogP contribution in [0.5, 0.6) is 0 Å². The van der Waals surface area contributed by atoms with Gasteiger partial charge in [-0.2, -0.15) is 5.10 Å². The lowest BCUT2D eigenvalue weighted by molar-refractivity contribution is 0.616. The molecule has 5 heteroatoms. The molecule has 15 heavy (non-hydrogen) atoms. The molecular formula is C10H12N4O. The summed E-state index contributed by atoms with van der Waals surface area (Å²) < 4.78 is 1.53. The van der Waals surface area contributed by atoms with Gasteiger partial charge in [0.05, 0.1) is 6.04 Å². The quantitative estimate of drug-likeness (QED) is 0.709. The van der Waals surface area contributed by atoms with Crippen molar-refractivity contribution in [3.8, 4) is 0 Å². The first-order chi connectivity index (χ1) is 7.18. The Morgan fingerprint density at radius 1 is 1.40 bits per heavy atom. The maximum atomic E-state index is 11.3. The molecule has 0 aliphatic carbocycles. The van der Waals surface area contributed by atoms with Crippen LogP contribution >= 0.6 is 0 Å². The van der Waals surface area contributed by atoms with E-state index in [9.17, 15) is 4.79 Å². The van der Waals surface area contributed by atoms with Crippen molar-refractivity contribution >= 4 is 5.69 Å². The van der Waals surface area contributed by atoms with Crippen molar-refractivity contribution < 1.29 is 0 Å². The van der Waals surface area contributed by atoms with Gasteiger partial charge < -0.3 is 5.73 Å². The molecule has 0 spiro atoms. The van der Waals surface area contributed by atoms with Gasteiger partial charge in [-0.25, -0.2) is 9.89 Å². The van der Waals surface area contributed by atoms with Crippen LogP contribution in [0.1, 0.15) is 18.5 Å². The minimum absolute atomic E-state index is 0.0446. The molecule has 0 fully saturated rings. The number of nitrogens with zero attached hydrogens (tertiary/aromatic N) is 2. The van der Waals surface area contributed by atoms with Crippen LogP contribution in [0.4, 0.5) is 5.69 Å². The average molecular weight is 204 g/mol. The van der Waals surface area contributed by atoms with Crippen molar-refractivity contribution in [2.45, 2.75) is 13.0 Å². The summed E-state index contributed by atoms with van der Waals surface area (Å²) in [6.45, 7) is 1.93. The van der Waals surface area contributed by atoms with E-state index in [1.54, 1.807) is 0 Å². The molecule has 0 aliphatic heterocycles. The number of nitrogen functional groups attached to an aromatic ring is 1. The van der Waals surface area contributed by atoms with E-state index < -0.39 is 0 Å². The van der Waals surface area contributed by atoms with Crippen molar-refractivity contribution in [3.63, 3.8) is 0 Å². The molecule has 1 atom stereocenters. The first-order valence-corrected chi connectivity index (χ1v) is 4.65. The summed E-state index contributed by atoms with van der Waals surface area (Å²) >= 11 is 0. The molecule has 3 N–H and O–H groups in total. The number of anilines is 1. The van der Waals surface area contributed by atoms with E-state index in [2.05, 4.69) is 10.2 Å². The zero-order chi connectivity index (χ0) is 10.8. The fourth-order valence-corrected chi connectivity index (χ4v) is 1.47. The van der Waals surface area contributed by atoms with Crippen LogP contribution in [-0.4, -0.2) is 14.8 Å². The topological polar surface area (TPSA) is 76.7 Å². The van der Waals surface area contributed by atoms with Crippen molar-refractivity contribution in [2.24, 2.45) is 0 Å². The first-order valence-electron chi connectivity index (χ1n) is 4.65. The second-order valence-electron chi connectivity index (χ2n) is 3.41. The second-order valence-corrected chi connectivity index (χ2v) is 3.41. The molecular weight excluding hydrogens is 192 g/mol. The molecule has 78 valence electrons. The van der Waals surface area contributed by atoms with E-state index in [0.717, 1.165) is 5.56 Å². The Morgan fingerprint density at radius 2 is 2.07 bits per heavy atom. The number of aromatic nitrogens is 3. The summed E-state index contributed by atoms with van der Waals surface area (Å²) in [4.78, 5) is 11.3. The van der Waals surface area contributed by atoms with Gasteiger partial charge in [-0.3, -0.25) is 4.57 Å².